The number of rotatable bonds is 5. The first-order valence-electron chi connectivity index (χ1n) is 6.66. The molecule has 0 spiro atoms. The highest BCUT2D eigenvalue weighted by Gasteiger charge is 2.21. The summed E-state index contributed by atoms with van der Waals surface area (Å²) in [6, 6.07) is 1.67. The minimum atomic E-state index is -0.337. The Labute approximate surface area is 117 Å². The molecule has 2 rings (SSSR count). The SMILES string of the molecule is COCC(CO)NC(=O)c1cc2c(s1)CCC(C)C2. The molecule has 1 aliphatic carbocycles. The van der Waals surface area contributed by atoms with Crippen LogP contribution in [0.3, 0.4) is 0 Å². The summed E-state index contributed by atoms with van der Waals surface area (Å²) in [5.74, 6) is 0.597. The fraction of sp³-hybridized carbons (Fsp3) is 0.643. The van der Waals surface area contributed by atoms with Gasteiger partial charge in [0, 0.05) is 12.0 Å². The lowest BCUT2D eigenvalue weighted by molar-refractivity contribution is 0.0843. The van der Waals surface area contributed by atoms with E-state index in [1.165, 1.54) is 16.9 Å². The van der Waals surface area contributed by atoms with Crippen LogP contribution in [0.25, 0.3) is 0 Å². The molecule has 1 amide bonds. The Kier molecular flexibility index (Phi) is 4.96. The molecule has 0 saturated carbocycles. The minimum absolute atomic E-state index is 0.108. The second-order valence-corrected chi connectivity index (χ2v) is 6.35. The van der Waals surface area contributed by atoms with Crippen molar-refractivity contribution >= 4 is 17.2 Å². The van der Waals surface area contributed by atoms with Crippen LogP contribution in [0.15, 0.2) is 6.07 Å². The van der Waals surface area contributed by atoms with Gasteiger partial charge in [-0.05, 0) is 36.8 Å². The molecule has 0 aromatic carbocycles. The minimum Gasteiger partial charge on any atom is -0.394 e. The first kappa shape index (κ1) is 14.5. The summed E-state index contributed by atoms with van der Waals surface area (Å²) < 4.78 is 4.96. The average molecular weight is 283 g/mol. The van der Waals surface area contributed by atoms with Gasteiger partial charge in [0.2, 0.25) is 0 Å². The Morgan fingerprint density at radius 2 is 2.47 bits per heavy atom. The largest absolute Gasteiger partial charge is 0.394 e. The zero-order chi connectivity index (χ0) is 13.8. The fourth-order valence-electron chi connectivity index (χ4n) is 2.42. The zero-order valence-corrected chi connectivity index (χ0v) is 12.3. The van der Waals surface area contributed by atoms with Crippen molar-refractivity contribution < 1.29 is 14.6 Å². The number of carbonyl (C=O) groups is 1. The first-order valence-corrected chi connectivity index (χ1v) is 7.48. The van der Waals surface area contributed by atoms with E-state index < -0.39 is 0 Å². The topological polar surface area (TPSA) is 58.6 Å². The van der Waals surface area contributed by atoms with E-state index in [0.29, 0.717) is 12.5 Å². The van der Waals surface area contributed by atoms with Crippen molar-refractivity contribution in [3.05, 3.63) is 21.4 Å². The monoisotopic (exact) mass is 283 g/mol. The molecule has 0 saturated heterocycles. The van der Waals surface area contributed by atoms with E-state index in [2.05, 4.69) is 12.2 Å². The number of amides is 1. The van der Waals surface area contributed by atoms with Crippen LogP contribution in [0.5, 0.6) is 0 Å². The van der Waals surface area contributed by atoms with Crippen LogP contribution < -0.4 is 5.32 Å². The lowest BCUT2D eigenvalue weighted by Crippen LogP contribution is -2.40. The molecular formula is C14H21NO3S. The van der Waals surface area contributed by atoms with Gasteiger partial charge in [0.1, 0.15) is 0 Å². The molecule has 4 nitrogen and oxygen atoms in total. The molecule has 0 fully saturated rings. The molecule has 2 N–H and O–H groups in total. The lowest BCUT2D eigenvalue weighted by Gasteiger charge is -2.16. The van der Waals surface area contributed by atoms with Crippen molar-refractivity contribution in [3.8, 4) is 0 Å². The van der Waals surface area contributed by atoms with Crippen molar-refractivity contribution in [2.24, 2.45) is 5.92 Å². The van der Waals surface area contributed by atoms with E-state index in [1.807, 2.05) is 6.07 Å². The van der Waals surface area contributed by atoms with Crippen LogP contribution in [-0.2, 0) is 17.6 Å². The van der Waals surface area contributed by atoms with Crippen molar-refractivity contribution in [1.82, 2.24) is 5.32 Å². The Bertz CT molecular complexity index is 444. The number of carbonyl (C=O) groups excluding carboxylic acids is 1. The second-order valence-electron chi connectivity index (χ2n) is 5.22. The van der Waals surface area contributed by atoms with Crippen LogP contribution in [0.1, 0.15) is 33.5 Å². The van der Waals surface area contributed by atoms with Gasteiger partial charge in [-0.3, -0.25) is 4.79 Å². The normalized spacial score (nSPS) is 19.8. The smallest absolute Gasteiger partial charge is 0.261 e. The highest BCUT2D eigenvalue weighted by molar-refractivity contribution is 7.14. The second kappa shape index (κ2) is 6.50. The summed E-state index contributed by atoms with van der Waals surface area (Å²) in [5.41, 5.74) is 1.32. The first-order chi connectivity index (χ1) is 9.13. The number of hydrogen-bond acceptors (Lipinski definition) is 4. The molecule has 0 aliphatic heterocycles. The fourth-order valence-corrected chi connectivity index (χ4v) is 3.53. The van der Waals surface area contributed by atoms with Crippen molar-refractivity contribution in [3.63, 3.8) is 0 Å². The third-order valence-corrected chi connectivity index (χ3v) is 4.71. The molecular weight excluding hydrogens is 262 g/mol. The highest BCUT2D eigenvalue weighted by atomic mass is 32.1. The summed E-state index contributed by atoms with van der Waals surface area (Å²) in [7, 11) is 1.56. The van der Waals surface area contributed by atoms with Crippen LogP contribution in [-0.4, -0.2) is 37.4 Å². The predicted octanol–water partition coefficient (Wildman–Crippen LogP) is 1.61. The number of nitrogens with one attached hydrogen (secondary N) is 1. The number of aryl methyl sites for hydroxylation is 1. The number of aliphatic hydroxyl groups excluding tert-OH is 1. The quantitative estimate of drug-likeness (QED) is 0.863. The van der Waals surface area contributed by atoms with E-state index in [4.69, 9.17) is 9.84 Å². The van der Waals surface area contributed by atoms with Crippen LogP contribution in [0, 0.1) is 5.92 Å². The van der Waals surface area contributed by atoms with Crippen LogP contribution in [0.4, 0.5) is 0 Å². The van der Waals surface area contributed by atoms with Gasteiger partial charge in [-0.15, -0.1) is 11.3 Å². The van der Waals surface area contributed by atoms with Crippen molar-refractivity contribution in [2.45, 2.75) is 32.2 Å². The van der Waals surface area contributed by atoms with Crippen LogP contribution >= 0.6 is 11.3 Å². The van der Waals surface area contributed by atoms with Gasteiger partial charge in [-0.1, -0.05) is 6.92 Å². The summed E-state index contributed by atoms with van der Waals surface area (Å²) in [4.78, 5) is 14.2. The van der Waals surface area contributed by atoms with E-state index in [9.17, 15) is 4.79 Å². The van der Waals surface area contributed by atoms with Crippen molar-refractivity contribution in [2.75, 3.05) is 20.3 Å². The molecule has 1 aromatic heterocycles. The number of methoxy groups -OCH3 is 1. The molecule has 1 heterocycles. The molecule has 0 radical (unpaired) electrons. The van der Waals surface area contributed by atoms with Gasteiger partial charge >= 0.3 is 0 Å². The number of aliphatic hydroxyl groups is 1. The molecule has 1 aromatic rings. The zero-order valence-electron chi connectivity index (χ0n) is 11.4. The molecule has 5 heteroatoms. The molecule has 0 bridgehead atoms. The standard InChI is InChI=1S/C14H21NO3S/c1-9-3-4-12-10(5-9)6-13(19-12)14(17)15-11(7-16)8-18-2/h6,9,11,16H,3-5,7-8H2,1-2H3,(H,15,17). The average Bonchev–Trinajstić information content (AvgIpc) is 2.81. The Hall–Kier alpha value is -0.910. The van der Waals surface area contributed by atoms with Crippen LogP contribution in [0.2, 0.25) is 0 Å². The molecule has 19 heavy (non-hydrogen) atoms. The highest BCUT2D eigenvalue weighted by Crippen LogP contribution is 2.32. The van der Waals surface area contributed by atoms with Gasteiger partial charge in [-0.2, -0.15) is 0 Å². The van der Waals surface area contributed by atoms with Gasteiger partial charge in [0.05, 0.1) is 24.1 Å². The third-order valence-electron chi connectivity index (χ3n) is 3.48. The Balaban J connectivity index is 2.03. The summed E-state index contributed by atoms with van der Waals surface area (Å²) in [6.45, 7) is 2.47. The lowest BCUT2D eigenvalue weighted by atomic mass is 9.90. The maximum atomic E-state index is 12.1. The predicted molar refractivity (Wildman–Crippen MR) is 75.7 cm³/mol. The van der Waals surface area contributed by atoms with Gasteiger partial charge in [0.15, 0.2) is 0 Å². The summed E-state index contributed by atoms with van der Waals surface area (Å²) >= 11 is 1.58. The third kappa shape index (κ3) is 3.55. The molecule has 2 unspecified atom stereocenters. The number of ether oxygens (including phenoxy) is 1. The Morgan fingerprint density at radius 3 is 3.16 bits per heavy atom. The summed E-state index contributed by atoms with van der Waals surface area (Å²) in [5, 5.41) is 12.0. The molecule has 106 valence electrons. The molecule has 1 aliphatic rings. The van der Waals surface area contributed by atoms with E-state index in [1.54, 1.807) is 18.4 Å². The maximum absolute atomic E-state index is 12.1. The number of hydrogen-bond donors (Lipinski definition) is 2. The molecule has 2 atom stereocenters. The van der Waals surface area contributed by atoms with E-state index >= 15 is 0 Å². The number of fused-ring (bicyclic) bond motifs is 1. The van der Waals surface area contributed by atoms with Gasteiger partial charge in [0.25, 0.3) is 5.91 Å². The van der Waals surface area contributed by atoms with Crippen molar-refractivity contribution in [1.29, 1.82) is 0 Å². The van der Waals surface area contributed by atoms with Gasteiger partial charge in [-0.25, -0.2) is 0 Å². The van der Waals surface area contributed by atoms with Gasteiger partial charge < -0.3 is 15.2 Å². The van der Waals surface area contributed by atoms with E-state index in [-0.39, 0.29) is 18.6 Å². The van der Waals surface area contributed by atoms with E-state index in [0.717, 1.165) is 17.7 Å². The Morgan fingerprint density at radius 1 is 1.68 bits per heavy atom. The number of thiophene rings is 1. The maximum Gasteiger partial charge on any atom is 0.261 e. The summed E-state index contributed by atoms with van der Waals surface area (Å²) in [6.07, 6.45) is 3.36.